The van der Waals surface area contributed by atoms with Crippen molar-refractivity contribution in [1.29, 1.82) is 5.26 Å². The van der Waals surface area contributed by atoms with E-state index in [1.54, 1.807) is 12.1 Å². The number of ketones is 1. The molecule has 1 heterocycles. The molecule has 0 radical (unpaired) electrons. The molecule has 3 nitrogen and oxygen atoms in total. The number of nitrogens with zero attached hydrogens (tertiary/aromatic N) is 2. The van der Waals surface area contributed by atoms with Gasteiger partial charge in [0.15, 0.2) is 5.78 Å². The van der Waals surface area contributed by atoms with Gasteiger partial charge in [-0.3, -0.25) is 9.78 Å². The van der Waals surface area contributed by atoms with E-state index in [2.05, 4.69) is 11.1 Å². The fourth-order valence-corrected chi connectivity index (χ4v) is 2.85. The molecule has 0 fully saturated rings. The van der Waals surface area contributed by atoms with Crippen molar-refractivity contribution in [3.05, 3.63) is 77.0 Å². The van der Waals surface area contributed by atoms with Gasteiger partial charge in [-0.2, -0.15) is 5.26 Å². The van der Waals surface area contributed by atoms with Gasteiger partial charge >= 0.3 is 0 Å². The molecule has 0 aliphatic carbocycles. The standard InChI is InChI=1S/C21H18N2O/c1-14-7-9-16(10-8-14)21(24)17(13-22)12-18-11-15(2)19-5-3-4-6-20(19)23-18/h3-11,17H,12H2,1-2H3/t17-/m1/s1. The normalized spacial score (nSPS) is 11.9. The molecule has 3 heteroatoms. The van der Waals surface area contributed by atoms with Crippen molar-refractivity contribution < 1.29 is 4.79 Å². The molecule has 0 aliphatic rings. The monoisotopic (exact) mass is 314 g/mol. The van der Waals surface area contributed by atoms with Gasteiger partial charge in [-0.25, -0.2) is 0 Å². The molecule has 0 unspecified atom stereocenters. The molecule has 0 N–H and O–H groups in total. The molecule has 0 saturated carbocycles. The van der Waals surface area contributed by atoms with E-state index in [1.165, 1.54) is 0 Å². The number of benzene rings is 2. The molecule has 0 spiro atoms. The molecule has 3 rings (SSSR count). The quantitative estimate of drug-likeness (QED) is 0.670. The number of aromatic nitrogens is 1. The number of rotatable bonds is 4. The smallest absolute Gasteiger partial charge is 0.180 e. The van der Waals surface area contributed by atoms with Gasteiger partial charge < -0.3 is 0 Å². The van der Waals surface area contributed by atoms with Crippen molar-refractivity contribution in [2.45, 2.75) is 20.3 Å². The number of pyridine rings is 1. The number of carbonyl (C=O) groups excluding carboxylic acids is 1. The van der Waals surface area contributed by atoms with E-state index < -0.39 is 5.92 Å². The summed E-state index contributed by atoms with van der Waals surface area (Å²) in [5.41, 5.74) is 4.44. The Hall–Kier alpha value is -2.99. The molecule has 0 amide bonds. The Morgan fingerprint density at radius 2 is 1.83 bits per heavy atom. The first-order valence-corrected chi connectivity index (χ1v) is 7.94. The minimum absolute atomic E-state index is 0.148. The number of carbonyl (C=O) groups is 1. The van der Waals surface area contributed by atoms with Crippen LogP contribution < -0.4 is 0 Å². The van der Waals surface area contributed by atoms with Gasteiger partial charge in [-0.1, -0.05) is 48.0 Å². The van der Waals surface area contributed by atoms with Crippen LogP contribution in [0.1, 0.15) is 27.2 Å². The predicted molar refractivity (Wildman–Crippen MR) is 94.8 cm³/mol. The highest BCUT2D eigenvalue weighted by atomic mass is 16.1. The Morgan fingerprint density at radius 3 is 2.54 bits per heavy atom. The number of aryl methyl sites for hydroxylation is 2. The molecule has 1 atom stereocenters. The van der Waals surface area contributed by atoms with E-state index in [0.717, 1.165) is 27.7 Å². The third-order valence-corrected chi connectivity index (χ3v) is 4.20. The Bertz CT molecular complexity index is 936. The molecule has 0 bridgehead atoms. The largest absolute Gasteiger partial charge is 0.293 e. The molecule has 3 aromatic rings. The van der Waals surface area contributed by atoms with Crippen LogP contribution in [0.2, 0.25) is 0 Å². The van der Waals surface area contributed by atoms with E-state index in [1.807, 2.05) is 56.3 Å². The maximum atomic E-state index is 12.6. The second kappa shape index (κ2) is 6.64. The second-order valence-electron chi connectivity index (χ2n) is 6.06. The Labute approximate surface area is 141 Å². The minimum Gasteiger partial charge on any atom is -0.293 e. The molecule has 0 saturated heterocycles. The fourth-order valence-electron chi connectivity index (χ4n) is 2.85. The molecule has 0 aliphatic heterocycles. The van der Waals surface area contributed by atoms with Crippen molar-refractivity contribution in [3.63, 3.8) is 0 Å². The van der Waals surface area contributed by atoms with E-state index in [-0.39, 0.29) is 5.78 Å². The predicted octanol–water partition coefficient (Wildman–Crippen LogP) is 4.42. The van der Waals surface area contributed by atoms with Gasteiger partial charge in [0, 0.05) is 23.1 Å². The van der Waals surface area contributed by atoms with E-state index in [4.69, 9.17) is 0 Å². The number of hydrogen-bond acceptors (Lipinski definition) is 3. The lowest BCUT2D eigenvalue weighted by atomic mass is 9.93. The van der Waals surface area contributed by atoms with Gasteiger partial charge in [0.05, 0.1) is 11.6 Å². The number of fused-ring (bicyclic) bond motifs is 1. The third-order valence-electron chi connectivity index (χ3n) is 4.20. The molecule has 2 aromatic carbocycles. The van der Waals surface area contributed by atoms with Crippen LogP contribution in [0, 0.1) is 31.1 Å². The van der Waals surface area contributed by atoms with E-state index >= 15 is 0 Å². The van der Waals surface area contributed by atoms with Crippen LogP contribution in [0.5, 0.6) is 0 Å². The highest BCUT2D eigenvalue weighted by Gasteiger charge is 2.21. The first kappa shape index (κ1) is 15.9. The first-order valence-electron chi connectivity index (χ1n) is 7.94. The summed E-state index contributed by atoms with van der Waals surface area (Å²) in [5, 5.41) is 10.6. The number of Topliss-reactive ketones (excluding diaryl/α,β-unsaturated/α-hetero) is 1. The average Bonchev–Trinajstić information content (AvgIpc) is 2.60. The van der Waals surface area contributed by atoms with E-state index in [9.17, 15) is 10.1 Å². The molecular weight excluding hydrogens is 296 g/mol. The van der Waals surface area contributed by atoms with Crippen molar-refractivity contribution in [3.8, 4) is 6.07 Å². The summed E-state index contributed by atoms with van der Waals surface area (Å²) in [4.78, 5) is 17.2. The minimum atomic E-state index is -0.722. The van der Waals surface area contributed by atoms with E-state index in [0.29, 0.717) is 12.0 Å². The number of hydrogen-bond donors (Lipinski definition) is 0. The van der Waals surface area contributed by atoms with Crippen LogP contribution in [0.3, 0.4) is 0 Å². The lowest BCUT2D eigenvalue weighted by Gasteiger charge is -2.10. The number of para-hydroxylation sites is 1. The molecule has 118 valence electrons. The van der Waals surface area contributed by atoms with Crippen LogP contribution in [0.25, 0.3) is 10.9 Å². The fraction of sp³-hybridized carbons (Fsp3) is 0.190. The molecule has 1 aromatic heterocycles. The Kier molecular flexibility index (Phi) is 4.39. The van der Waals surface area contributed by atoms with Gasteiger partial charge in [0.2, 0.25) is 0 Å². The topological polar surface area (TPSA) is 53.8 Å². The highest BCUT2D eigenvalue weighted by Crippen LogP contribution is 2.20. The van der Waals surface area contributed by atoms with Crippen LogP contribution in [0.15, 0.2) is 54.6 Å². The summed E-state index contributed by atoms with van der Waals surface area (Å²) in [5.74, 6) is -0.870. The molecule has 24 heavy (non-hydrogen) atoms. The van der Waals surface area contributed by atoms with Gasteiger partial charge in [-0.15, -0.1) is 0 Å². The average molecular weight is 314 g/mol. The summed E-state index contributed by atoms with van der Waals surface area (Å²) < 4.78 is 0. The third kappa shape index (κ3) is 3.18. The summed E-state index contributed by atoms with van der Waals surface area (Å²) in [6.07, 6.45) is 0.328. The van der Waals surface area contributed by atoms with Gasteiger partial charge in [0.25, 0.3) is 0 Å². The summed E-state index contributed by atoms with van der Waals surface area (Å²) in [6, 6.07) is 19.4. The maximum Gasteiger partial charge on any atom is 0.180 e. The van der Waals surface area contributed by atoms with Crippen molar-refractivity contribution in [2.75, 3.05) is 0 Å². The zero-order valence-corrected chi connectivity index (χ0v) is 13.8. The maximum absolute atomic E-state index is 12.6. The summed E-state index contributed by atoms with van der Waals surface area (Å²) >= 11 is 0. The van der Waals surface area contributed by atoms with Gasteiger partial charge in [0.1, 0.15) is 5.92 Å². The lowest BCUT2D eigenvalue weighted by Crippen LogP contribution is -2.16. The zero-order valence-electron chi connectivity index (χ0n) is 13.8. The lowest BCUT2D eigenvalue weighted by molar-refractivity contribution is 0.0948. The zero-order chi connectivity index (χ0) is 17.1. The number of nitriles is 1. The van der Waals surface area contributed by atoms with Crippen LogP contribution in [0.4, 0.5) is 0 Å². The Morgan fingerprint density at radius 1 is 1.12 bits per heavy atom. The van der Waals surface area contributed by atoms with Crippen LogP contribution in [-0.4, -0.2) is 10.8 Å². The summed E-state index contributed by atoms with van der Waals surface area (Å²) in [7, 11) is 0. The van der Waals surface area contributed by atoms with Crippen molar-refractivity contribution in [1.82, 2.24) is 4.98 Å². The molecular formula is C21H18N2O. The van der Waals surface area contributed by atoms with Crippen molar-refractivity contribution >= 4 is 16.7 Å². The van der Waals surface area contributed by atoms with Crippen LogP contribution in [-0.2, 0) is 6.42 Å². The summed E-state index contributed by atoms with van der Waals surface area (Å²) in [6.45, 7) is 3.99. The SMILES string of the molecule is Cc1ccc(C(=O)[C@@H](C#N)Cc2cc(C)c3ccccc3n2)cc1. The van der Waals surface area contributed by atoms with Crippen molar-refractivity contribution in [2.24, 2.45) is 5.92 Å². The Balaban J connectivity index is 1.89. The van der Waals surface area contributed by atoms with Gasteiger partial charge in [-0.05, 0) is 31.5 Å². The van der Waals surface area contributed by atoms with Crippen LogP contribution >= 0.6 is 0 Å². The second-order valence-corrected chi connectivity index (χ2v) is 6.06. The highest BCUT2D eigenvalue weighted by molar-refractivity contribution is 5.99. The first-order chi connectivity index (χ1) is 11.6.